The van der Waals surface area contributed by atoms with Gasteiger partial charge in [0.25, 0.3) is 0 Å². The number of benzene rings is 2. The molecule has 2 N–H and O–H groups in total. The molecule has 8 heteroatoms. The second-order valence-corrected chi connectivity index (χ2v) is 6.17. The lowest BCUT2D eigenvalue weighted by Crippen LogP contribution is -2.13. The van der Waals surface area contributed by atoms with E-state index in [0.29, 0.717) is 11.1 Å². The number of hydrogen-bond acceptors (Lipinski definition) is 8. The van der Waals surface area contributed by atoms with E-state index in [9.17, 15) is 14.4 Å². The smallest absolute Gasteiger partial charge is 0.344 e. The van der Waals surface area contributed by atoms with Crippen molar-refractivity contribution in [3.05, 3.63) is 76.9 Å². The third-order valence-electron chi connectivity index (χ3n) is 4.31. The zero-order valence-corrected chi connectivity index (χ0v) is 16.3. The molecule has 0 spiro atoms. The van der Waals surface area contributed by atoms with Crippen molar-refractivity contribution in [2.75, 3.05) is 20.0 Å². The minimum absolute atomic E-state index is 0.00785. The molecule has 1 heterocycles. The first-order valence-electron chi connectivity index (χ1n) is 8.86. The molecular weight excluding hydrogens is 390 g/mol. The molecule has 30 heavy (non-hydrogen) atoms. The molecule has 154 valence electrons. The Balaban J connectivity index is 2.00. The van der Waals surface area contributed by atoms with Crippen molar-refractivity contribution >= 4 is 23.8 Å². The Labute approximate surface area is 172 Å². The number of hydrogen-bond donors (Lipinski definition) is 1. The van der Waals surface area contributed by atoms with Gasteiger partial charge in [0.15, 0.2) is 5.76 Å². The number of esters is 3. The van der Waals surface area contributed by atoms with Gasteiger partial charge in [0, 0.05) is 5.56 Å². The van der Waals surface area contributed by atoms with Gasteiger partial charge < -0.3 is 24.4 Å². The summed E-state index contributed by atoms with van der Waals surface area (Å²) in [6, 6.07) is 15.1. The zero-order valence-electron chi connectivity index (χ0n) is 16.3. The van der Waals surface area contributed by atoms with Crippen LogP contribution in [0.25, 0.3) is 11.3 Å². The summed E-state index contributed by atoms with van der Waals surface area (Å²) in [5.41, 5.74) is 6.97. The van der Waals surface area contributed by atoms with Gasteiger partial charge in [-0.05, 0) is 17.7 Å². The molecule has 0 saturated carbocycles. The van der Waals surface area contributed by atoms with Crippen LogP contribution in [0.2, 0.25) is 0 Å². The minimum Gasteiger partial charge on any atom is -0.465 e. The summed E-state index contributed by atoms with van der Waals surface area (Å²) in [4.78, 5) is 36.7. The molecule has 0 amide bonds. The molecule has 0 aliphatic rings. The van der Waals surface area contributed by atoms with Gasteiger partial charge in [0.05, 0.1) is 19.8 Å². The summed E-state index contributed by atoms with van der Waals surface area (Å²) in [5, 5.41) is 0. The highest BCUT2D eigenvalue weighted by Crippen LogP contribution is 2.34. The standard InChI is InChI=1S/C22H19NO7/c1-27-20(24)15-10-8-14(9-11-15)18-16(17(19(23)30-18)21(25)28-2)22(26)29-12-13-6-4-3-5-7-13/h3-11H,12,23H2,1-2H3. The summed E-state index contributed by atoms with van der Waals surface area (Å²) in [6.07, 6.45) is 0. The van der Waals surface area contributed by atoms with E-state index in [1.165, 1.54) is 26.4 Å². The van der Waals surface area contributed by atoms with Crippen molar-refractivity contribution in [3.63, 3.8) is 0 Å². The summed E-state index contributed by atoms with van der Waals surface area (Å²) in [7, 11) is 2.44. The molecule has 0 aliphatic carbocycles. The first-order chi connectivity index (χ1) is 14.5. The van der Waals surface area contributed by atoms with Crippen LogP contribution in [-0.4, -0.2) is 32.1 Å². The molecule has 0 aliphatic heterocycles. The normalized spacial score (nSPS) is 10.3. The Kier molecular flexibility index (Phi) is 6.17. The summed E-state index contributed by atoms with van der Waals surface area (Å²) in [6.45, 7) is -0.00785. The highest BCUT2D eigenvalue weighted by Gasteiger charge is 2.31. The number of nitrogen functional groups attached to an aromatic ring is 1. The number of ether oxygens (including phenoxy) is 3. The van der Waals surface area contributed by atoms with Crippen LogP contribution in [0, 0.1) is 0 Å². The summed E-state index contributed by atoms with van der Waals surface area (Å²) < 4.78 is 20.3. The molecule has 0 atom stereocenters. The molecule has 8 nitrogen and oxygen atoms in total. The third-order valence-corrected chi connectivity index (χ3v) is 4.31. The molecule has 3 rings (SSSR count). The molecule has 0 radical (unpaired) electrons. The average Bonchev–Trinajstić information content (AvgIpc) is 3.14. The molecule has 0 bridgehead atoms. The lowest BCUT2D eigenvalue weighted by atomic mass is 10.0. The predicted octanol–water partition coefficient (Wildman–Crippen LogP) is 3.46. The van der Waals surface area contributed by atoms with Crippen molar-refractivity contribution in [3.8, 4) is 11.3 Å². The van der Waals surface area contributed by atoms with Gasteiger partial charge in [0.1, 0.15) is 17.7 Å². The Morgan fingerprint density at radius 1 is 0.833 bits per heavy atom. The zero-order chi connectivity index (χ0) is 21.7. The SMILES string of the molecule is COC(=O)c1ccc(-c2oc(N)c(C(=O)OC)c2C(=O)OCc2ccccc2)cc1. The first-order valence-corrected chi connectivity index (χ1v) is 8.86. The van der Waals surface area contributed by atoms with Crippen LogP contribution < -0.4 is 5.73 Å². The molecule has 3 aromatic rings. The van der Waals surface area contributed by atoms with E-state index in [4.69, 9.17) is 19.6 Å². The third kappa shape index (κ3) is 4.17. The second kappa shape index (κ2) is 8.95. The Morgan fingerprint density at radius 2 is 1.47 bits per heavy atom. The highest BCUT2D eigenvalue weighted by atomic mass is 16.5. The number of carbonyl (C=O) groups is 3. The van der Waals surface area contributed by atoms with E-state index in [1.807, 2.05) is 18.2 Å². The van der Waals surface area contributed by atoms with Gasteiger partial charge in [-0.2, -0.15) is 0 Å². The number of methoxy groups -OCH3 is 2. The van der Waals surface area contributed by atoms with Crippen LogP contribution in [0.3, 0.4) is 0 Å². The molecule has 2 aromatic carbocycles. The number of carbonyl (C=O) groups excluding carboxylic acids is 3. The number of furan rings is 1. The van der Waals surface area contributed by atoms with E-state index in [-0.39, 0.29) is 29.4 Å². The number of nitrogens with two attached hydrogens (primary N) is 1. The average molecular weight is 409 g/mol. The highest BCUT2D eigenvalue weighted by molar-refractivity contribution is 6.10. The van der Waals surface area contributed by atoms with Gasteiger partial charge in [0.2, 0.25) is 5.88 Å². The lowest BCUT2D eigenvalue weighted by molar-refractivity contribution is 0.0459. The van der Waals surface area contributed by atoms with Crippen LogP contribution in [-0.2, 0) is 20.8 Å². The Bertz CT molecular complexity index is 1070. The van der Waals surface area contributed by atoms with Gasteiger partial charge in [-0.15, -0.1) is 0 Å². The van der Waals surface area contributed by atoms with Crippen molar-refractivity contribution in [1.29, 1.82) is 0 Å². The van der Waals surface area contributed by atoms with Gasteiger partial charge >= 0.3 is 17.9 Å². The predicted molar refractivity (Wildman–Crippen MR) is 107 cm³/mol. The maximum absolute atomic E-state index is 12.9. The maximum atomic E-state index is 12.9. The van der Waals surface area contributed by atoms with Crippen LogP contribution >= 0.6 is 0 Å². The first kappa shape index (κ1) is 20.7. The number of anilines is 1. The van der Waals surface area contributed by atoms with E-state index in [2.05, 4.69) is 4.74 Å². The van der Waals surface area contributed by atoms with E-state index < -0.39 is 17.9 Å². The number of rotatable bonds is 6. The largest absolute Gasteiger partial charge is 0.465 e. The van der Waals surface area contributed by atoms with Crippen molar-refractivity contribution in [2.24, 2.45) is 0 Å². The van der Waals surface area contributed by atoms with Gasteiger partial charge in [-0.25, -0.2) is 14.4 Å². The van der Waals surface area contributed by atoms with Crippen molar-refractivity contribution in [2.45, 2.75) is 6.61 Å². The summed E-state index contributed by atoms with van der Waals surface area (Å²) in [5.74, 6) is -2.40. The fourth-order valence-corrected chi connectivity index (χ4v) is 2.82. The Hall–Kier alpha value is -4.07. The van der Waals surface area contributed by atoms with Crippen LogP contribution in [0.5, 0.6) is 0 Å². The lowest BCUT2D eigenvalue weighted by Gasteiger charge is -2.07. The van der Waals surface area contributed by atoms with Crippen molar-refractivity contribution < 1.29 is 33.0 Å². The molecule has 0 saturated heterocycles. The van der Waals surface area contributed by atoms with E-state index >= 15 is 0 Å². The van der Waals surface area contributed by atoms with Gasteiger partial charge in [-0.1, -0.05) is 42.5 Å². The molecule has 0 fully saturated rings. The van der Waals surface area contributed by atoms with Crippen LogP contribution in [0.4, 0.5) is 5.88 Å². The van der Waals surface area contributed by atoms with Crippen molar-refractivity contribution in [1.82, 2.24) is 0 Å². The summed E-state index contributed by atoms with van der Waals surface area (Å²) >= 11 is 0. The monoisotopic (exact) mass is 409 g/mol. The van der Waals surface area contributed by atoms with Crippen LogP contribution in [0.1, 0.15) is 36.6 Å². The van der Waals surface area contributed by atoms with E-state index in [0.717, 1.165) is 5.56 Å². The minimum atomic E-state index is -0.833. The quantitative estimate of drug-likeness (QED) is 0.486. The fourth-order valence-electron chi connectivity index (χ4n) is 2.82. The Morgan fingerprint density at radius 3 is 2.07 bits per heavy atom. The topological polar surface area (TPSA) is 118 Å². The molecular formula is C22H19NO7. The fraction of sp³-hybridized carbons (Fsp3) is 0.136. The second-order valence-electron chi connectivity index (χ2n) is 6.17. The maximum Gasteiger partial charge on any atom is 0.344 e. The molecule has 1 aromatic heterocycles. The van der Waals surface area contributed by atoms with Gasteiger partial charge in [-0.3, -0.25) is 0 Å². The molecule has 0 unspecified atom stereocenters. The van der Waals surface area contributed by atoms with Crippen LogP contribution in [0.15, 0.2) is 59.0 Å². The van der Waals surface area contributed by atoms with E-state index in [1.54, 1.807) is 24.3 Å².